The topological polar surface area (TPSA) is 42.2 Å². The van der Waals surface area contributed by atoms with E-state index >= 15 is 0 Å². The zero-order chi connectivity index (χ0) is 12.5. The second-order valence-corrected chi connectivity index (χ2v) is 6.22. The lowest BCUT2D eigenvalue weighted by molar-refractivity contribution is 0.749. The molecule has 0 amide bonds. The number of hydrogen-bond donors (Lipinski definition) is 1. The van der Waals surface area contributed by atoms with E-state index in [9.17, 15) is 0 Å². The largest absolute Gasteiger partial charge is 0.367 e. The Morgan fingerprint density at radius 3 is 2.94 bits per heavy atom. The maximum Gasteiger partial charge on any atom is 0.152 e. The first-order valence-corrected chi connectivity index (χ1v) is 6.84. The van der Waals surface area contributed by atoms with Crippen molar-refractivity contribution in [3.63, 3.8) is 0 Å². The predicted octanol–water partition coefficient (Wildman–Crippen LogP) is 2.59. The van der Waals surface area contributed by atoms with E-state index < -0.39 is 0 Å². The molecule has 0 radical (unpaired) electrons. The van der Waals surface area contributed by atoms with Crippen molar-refractivity contribution < 1.29 is 0 Å². The number of fused-ring (bicyclic) bond motifs is 1. The van der Waals surface area contributed by atoms with Gasteiger partial charge >= 0.3 is 0 Å². The van der Waals surface area contributed by atoms with Crippen LogP contribution in [0.3, 0.4) is 0 Å². The first-order valence-electron chi connectivity index (χ1n) is 5.62. The van der Waals surface area contributed by atoms with Gasteiger partial charge in [-0.15, -0.1) is 0 Å². The molecule has 2 heterocycles. The molecule has 0 aliphatic heterocycles. The molecule has 0 saturated carbocycles. The van der Waals surface area contributed by atoms with E-state index in [4.69, 9.17) is 0 Å². The number of rotatable bonds is 4. The summed E-state index contributed by atoms with van der Waals surface area (Å²) in [6, 6.07) is 2.04. The Labute approximate surface area is 106 Å². The van der Waals surface area contributed by atoms with Crippen molar-refractivity contribution in [1.82, 2.24) is 14.6 Å². The molecule has 0 unspecified atom stereocenters. The zero-order valence-corrected chi connectivity index (χ0v) is 11.5. The monoisotopic (exact) mass is 250 g/mol. The fourth-order valence-electron chi connectivity index (χ4n) is 1.55. The summed E-state index contributed by atoms with van der Waals surface area (Å²) >= 11 is 1.84. The van der Waals surface area contributed by atoms with Gasteiger partial charge in [-0.3, -0.25) is 0 Å². The molecule has 2 rings (SSSR count). The second-order valence-electron chi connectivity index (χ2n) is 4.71. The van der Waals surface area contributed by atoms with Gasteiger partial charge in [-0.1, -0.05) is 0 Å². The van der Waals surface area contributed by atoms with Crippen LogP contribution in [0.15, 0.2) is 18.5 Å². The fourth-order valence-corrected chi connectivity index (χ4v) is 1.77. The van der Waals surface area contributed by atoms with Gasteiger partial charge in [0, 0.05) is 23.7 Å². The summed E-state index contributed by atoms with van der Waals surface area (Å²) < 4.78 is 2.06. The van der Waals surface area contributed by atoms with Gasteiger partial charge in [-0.2, -0.15) is 16.9 Å². The van der Waals surface area contributed by atoms with Crippen LogP contribution in [0.2, 0.25) is 0 Å². The Kier molecular flexibility index (Phi) is 3.28. The zero-order valence-electron chi connectivity index (χ0n) is 10.7. The van der Waals surface area contributed by atoms with E-state index in [2.05, 4.69) is 35.5 Å². The summed E-state index contributed by atoms with van der Waals surface area (Å²) in [5.74, 6) is 0.898. The maximum absolute atomic E-state index is 4.38. The molecule has 0 saturated heterocycles. The fraction of sp³-hybridized carbons (Fsp3) is 0.500. The standard InChI is InChI=1S/C12H18N4S/c1-9-7-10-11(13-5-6-16(10)15-9)14-8-12(2,3)17-4/h5-7H,8H2,1-4H3,(H,13,14). The molecule has 0 spiro atoms. The van der Waals surface area contributed by atoms with Crippen molar-refractivity contribution in [3.05, 3.63) is 24.2 Å². The van der Waals surface area contributed by atoms with Crippen molar-refractivity contribution in [3.8, 4) is 0 Å². The highest BCUT2D eigenvalue weighted by Gasteiger charge is 2.16. The lowest BCUT2D eigenvalue weighted by atomic mass is 10.2. The molecule has 2 aromatic rings. The van der Waals surface area contributed by atoms with Gasteiger partial charge in [0.25, 0.3) is 0 Å². The van der Waals surface area contributed by atoms with Gasteiger partial charge in [-0.05, 0) is 33.1 Å². The van der Waals surface area contributed by atoms with Crippen molar-refractivity contribution >= 4 is 23.1 Å². The summed E-state index contributed by atoms with van der Waals surface area (Å²) in [6.07, 6.45) is 5.76. The van der Waals surface area contributed by atoms with Gasteiger partial charge in [-0.25, -0.2) is 9.50 Å². The summed E-state index contributed by atoms with van der Waals surface area (Å²) in [6.45, 7) is 7.30. The molecule has 4 nitrogen and oxygen atoms in total. The quantitative estimate of drug-likeness (QED) is 0.905. The van der Waals surface area contributed by atoms with Crippen LogP contribution >= 0.6 is 11.8 Å². The highest BCUT2D eigenvalue weighted by Crippen LogP contribution is 2.22. The van der Waals surface area contributed by atoms with Crippen LogP contribution in [-0.2, 0) is 0 Å². The summed E-state index contributed by atoms with van der Waals surface area (Å²) in [4.78, 5) is 4.38. The number of aromatic nitrogens is 3. The van der Waals surface area contributed by atoms with E-state index in [0.717, 1.165) is 23.6 Å². The third-order valence-electron chi connectivity index (χ3n) is 2.75. The minimum atomic E-state index is 0.198. The minimum absolute atomic E-state index is 0.198. The van der Waals surface area contributed by atoms with Gasteiger partial charge in [0.05, 0.1) is 5.69 Å². The highest BCUT2D eigenvalue weighted by molar-refractivity contribution is 7.99. The molecule has 0 aliphatic rings. The summed E-state index contributed by atoms with van der Waals surface area (Å²) in [5, 5.41) is 7.77. The van der Waals surface area contributed by atoms with Gasteiger partial charge < -0.3 is 5.32 Å². The molecule has 0 aromatic carbocycles. The van der Waals surface area contributed by atoms with Crippen LogP contribution in [0.1, 0.15) is 19.5 Å². The first-order chi connectivity index (χ1) is 8.02. The number of anilines is 1. The van der Waals surface area contributed by atoms with Crippen LogP contribution in [0.25, 0.3) is 5.52 Å². The molecule has 0 atom stereocenters. The van der Waals surface area contributed by atoms with Crippen LogP contribution in [-0.4, -0.2) is 32.1 Å². The number of nitrogens with zero attached hydrogens (tertiary/aromatic N) is 3. The average Bonchev–Trinajstić information content (AvgIpc) is 2.67. The molecule has 5 heteroatoms. The van der Waals surface area contributed by atoms with E-state index in [-0.39, 0.29) is 4.75 Å². The maximum atomic E-state index is 4.38. The lowest BCUT2D eigenvalue weighted by Gasteiger charge is -2.22. The molecular weight excluding hydrogens is 232 g/mol. The molecule has 92 valence electrons. The summed E-state index contributed by atoms with van der Waals surface area (Å²) in [5.41, 5.74) is 2.03. The normalized spacial score (nSPS) is 12.0. The Morgan fingerprint density at radius 2 is 2.24 bits per heavy atom. The van der Waals surface area contributed by atoms with E-state index in [1.807, 2.05) is 35.5 Å². The number of hydrogen-bond acceptors (Lipinski definition) is 4. The van der Waals surface area contributed by atoms with Gasteiger partial charge in [0.15, 0.2) is 5.82 Å². The Morgan fingerprint density at radius 1 is 1.47 bits per heavy atom. The van der Waals surface area contributed by atoms with Crippen LogP contribution in [0.5, 0.6) is 0 Å². The Hall–Kier alpha value is -1.23. The van der Waals surface area contributed by atoms with Crippen molar-refractivity contribution in [2.75, 3.05) is 18.1 Å². The molecule has 17 heavy (non-hydrogen) atoms. The molecule has 1 N–H and O–H groups in total. The van der Waals surface area contributed by atoms with Gasteiger partial charge in [0.2, 0.25) is 0 Å². The van der Waals surface area contributed by atoms with E-state index in [1.54, 1.807) is 6.20 Å². The van der Waals surface area contributed by atoms with Crippen molar-refractivity contribution in [1.29, 1.82) is 0 Å². The van der Waals surface area contributed by atoms with Crippen molar-refractivity contribution in [2.24, 2.45) is 0 Å². The molecule has 0 aliphatic carbocycles. The number of aryl methyl sites for hydroxylation is 1. The third kappa shape index (κ3) is 2.72. The average molecular weight is 250 g/mol. The van der Waals surface area contributed by atoms with Crippen molar-refractivity contribution in [2.45, 2.75) is 25.5 Å². The number of thioether (sulfide) groups is 1. The van der Waals surface area contributed by atoms with Gasteiger partial charge in [0.1, 0.15) is 5.52 Å². The Bertz CT molecular complexity index is 518. The van der Waals surface area contributed by atoms with Crippen LogP contribution < -0.4 is 5.32 Å². The highest BCUT2D eigenvalue weighted by atomic mass is 32.2. The second kappa shape index (κ2) is 4.56. The molecule has 2 aromatic heterocycles. The first kappa shape index (κ1) is 12.2. The SMILES string of the molecule is CSC(C)(C)CNc1nccn2nc(C)cc12. The van der Waals surface area contributed by atoms with E-state index in [1.165, 1.54) is 0 Å². The van der Waals surface area contributed by atoms with Crippen LogP contribution in [0, 0.1) is 6.92 Å². The molecular formula is C12H18N4S. The molecule has 0 bridgehead atoms. The van der Waals surface area contributed by atoms with Crippen LogP contribution in [0.4, 0.5) is 5.82 Å². The lowest BCUT2D eigenvalue weighted by Crippen LogP contribution is -2.26. The molecule has 0 fully saturated rings. The summed E-state index contributed by atoms with van der Waals surface area (Å²) in [7, 11) is 0. The predicted molar refractivity (Wildman–Crippen MR) is 73.8 cm³/mol. The Balaban J connectivity index is 2.24. The smallest absolute Gasteiger partial charge is 0.152 e. The number of nitrogens with one attached hydrogen (secondary N) is 1. The minimum Gasteiger partial charge on any atom is -0.367 e. The van der Waals surface area contributed by atoms with E-state index in [0.29, 0.717) is 0 Å². The third-order valence-corrected chi connectivity index (χ3v) is 4.00.